The summed E-state index contributed by atoms with van der Waals surface area (Å²) in [5.41, 5.74) is 5.03. The molecule has 2 heterocycles. The fraction of sp³-hybridized carbons (Fsp3) is 0.471. The topological polar surface area (TPSA) is 33.1 Å². The van der Waals surface area contributed by atoms with Crippen LogP contribution in [0.5, 0.6) is 0 Å². The van der Waals surface area contributed by atoms with E-state index in [4.69, 9.17) is 0 Å². The predicted octanol–water partition coefficient (Wildman–Crippen LogP) is 3.33. The molecule has 0 unspecified atom stereocenters. The van der Waals surface area contributed by atoms with E-state index in [1.165, 1.54) is 55.0 Å². The molecular weight excluding hydrogens is 260 g/mol. The third-order valence-electron chi connectivity index (χ3n) is 4.41. The molecule has 1 saturated heterocycles. The maximum absolute atomic E-state index is 4.31. The zero-order valence-electron chi connectivity index (χ0n) is 13.0. The molecule has 0 bridgehead atoms. The lowest BCUT2D eigenvalue weighted by Gasteiger charge is -2.30. The molecule has 1 aliphatic rings. The molecule has 112 valence electrons. The van der Waals surface area contributed by atoms with Crippen molar-refractivity contribution in [1.82, 2.24) is 9.78 Å². The number of benzene rings is 1. The van der Waals surface area contributed by atoms with Crippen LogP contribution in [0, 0.1) is 6.92 Å². The van der Waals surface area contributed by atoms with Crippen LogP contribution in [0.2, 0.25) is 0 Å². The van der Waals surface area contributed by atoms with Gasteiger partial charge in [-0.15, -0.1) is 0 Å². The predicted molar refractivity (Wildman–Crippen MR) is 87.8 cm³/mol. The first kappa shape index (κ1) is 14.0. The van der Waals surface area contributed by atoms with Gasteiger partial charge in [0.15, 0.2) is 0 Å². The first-order chi connectivity index (χ1) is 10.3. The molecule has 1 fully saturated rings. The highest BCUT2D eigenvalue weighted by Crippen LogP contribution is 2.28. The third-order valence-corrected chi connectivity index (χ3v) is 4.41. The van der Waals surface area contributed by atoms with Gasteiger partial charge in [-0.3, -0.25) is 4.68 Å². The van der Waals surface area contributed by atoms with E-state index < -0.39 is 0 Å². The van der Waals surface area contributed by atoms with Gasteiger partial charge in [0.1, 0.15) is 0 Å². The van der Waals surface area contributed by atoms with Crippen LogP contribution < -0.4 is 10.2 Å². The summed E-state index contributed by atoms with van der Waals surface area (Å²) >= 11 is 0. The van der Waals surface area contributed by atoms with Gasteiger partial charge in [0.2, 0.25) is 0 Å². The van der Waals surface area contributed by atoms with Gasteiger partial charge in [-0.1, -0.05) is 12.1 Å². The summed E-state index contributed by atoms with van der Waals surface area (Å²) in [6.45, 7) is 5.28. The van der Waals surface area contributed by atoms with Crippen molar-refractivity contribution in [2.45, 2.75) is 32.7 Å². The van der Waals surface area contributed by atoms with Crippen LogP contribution >= 0.6 is 0 Å². The number of hydrogen-bond donors (Lipinski definition) is 1. The molecule has 0 atom stereocenters. The highest BCUT2D eigenvalue weighted by atomic mass is 15.3. The van der Waals surface area contributed by atoms with Crippen molar-refractivity contribution in [3.63, 3.8) is 0 Å². The van der Waals surface area contributed by atoms with Crippen molar-refractivity contribution in [3.8, 4) is 0 Å². The molecule has 0 amide bonds. The minimum Gasteiger partial charge on any atom is -0.379 e. The summed E-state index contributed by atoms with van der Waals surface area (Å²) in [5.74, 6) is 0. The zero-order valence-corrected chi connectivity index (χ0v) is 13.0. The van der Waals surface area contributed by atoms with Gasteiger partial charge in [0, 0.05) is 37.9 Å². The number of rotatable bonds is 4. The van der Waals surface area contributed by atoms with Crippen molar-refractivity contribution >= 4 is 11.4 Å². The van der Waals surface area contributed by atoms with Gasteiger partial charge in [0.25, 0.3) is 0 Å². The molecule has 1 N–H and O–H groups in total. The van der Waals surface area contributed by atoms with Crippen LogP contribution in [0.3, 0.4) is 0 Å². The zero-order chi connectivity index (χ0) is 14.7. The molecule has 0 aliphatic carbocycles. The number of hydrogen-bond acceptors (Lipinski definition) is 3. The van der Waals surface area contributed by atoms with E-state index >= 15 is 0 Å². The third kappa shape index (κ3) is 3.04. The first-order valence-electron chi connectivity index (χ1n) is 7.81. The number of aryl methyl sites for hydroxylation is 1. The largest absolute Gasteiger partial charge is 0.379 e. The van der Waals surface area contributed by atoms with Crippen molar-refractivity contribution in [1.29, 1.82) is 0 Å². The summed E-state index contributed by atoms with van der Waals surface area (Å²) in [6, 6.07) is 8.63. The maximum Gasteiger partial charge on any atom is 0.0602 e. The Morgan fingerprint density at radius 1 is 1.14 bits per heavy atom. The summed E-state index contributed by atoms with van der Waals surface area (Å²) in [4.78, 5) is 2.50. The Labute approximate surface area is 126 Å². The first-order valence-corrected chi connectivity index (χ1v) is 7.81. The Balaban J connectivity index is 1.74. The minimum absolute atomic E-state index is 0.824. The van der Waals surface area contributed by atoms with Gasteiger partial charge >= 0.3 is 0 Å². The van der Waals surface area contributed by atoms with E-state index in [0.717, 1.165) is 6.54 Å². The molecule has 0 spiro atoms. The average molecular weight is 284 g/mol. The fourth-order valence-corrected chi connectivity index (χ4v) is 2.94. The van der Waals surface area contributed by atoms with E-state index in [1.807, 2.05) is 17.9 Å². The van der Waals surface area contributed by atoms with Crippen LogP contribution in [-0.2, 0) is 13.6 Å². The monoisotopic (exact) mass is 284 g/mol. The SMILES string of the molecule is Cc1c(CNc2ccccc2N2CCCCC2)cnn1C. The highest BCUT2D eigenvalue weighted by Gasteiger charge is 2.14. The number of piperidine rings is 1. The van der Waals surface area contributed by atoms with Gasteiger partial charge in [-0.25, -0.2) is 0 Å². The summed E-state index contributed by atoms with van der Waals surface area (Å²) < 4.78 is 1.92. The van der Waals surface area contributed by atoms with Crippen LogP contribution in [-0.4, -0.2) is 22.9 Å². The molecule has 1 aromatic carbocycles. The molecule has 1 aliphatic heterocycles. The van der Waals surface area contributed by atoms with Crippen LogP contribution in [0.25, 0.3) is 0 Å². The lowest BCUT2D eigenvalue weighted by atomic mass is 10.1. The smallest absolute Gasteiger partial charge is 0.0602 e. The van der Waals surface area contributed by atoms with E-state index in [-0.39, 0.29) is 0 Å². The molecular formula is C17H24N4. The number of anilines is 2. The standard InChI is InChI=1S/C17H24N4/c1-14-15(13-19-20(14)2)12-18-16-8-4-5-9-17(16)21-10-6-3-7-11-21/h4-5,8-9,13,18H,3,6-7,10-12H2,1-2H3. The second-order valence-corrected chi connectivity index (χ2v) is 5.80. The molecule has 4 nitrogen and oxygen atoms in total. The molecule has 21 heavy (non-hydrogen) atoms. The summed E-state index contributed by atoms with van der Waals surface area (Å²) in [7, 11) is 1.99. The summed E-state index contributed by atoms with van der Waals surface area (Å²) in [6.07, 6.45) is 5.92. The van der Waals surface area contributed by atoms with E-state index in [1.54, 1.807) is 0 Å². The fourth-order valence-electron chi connectivity index (χ4n) is 2.94. The van der Waals surface area contributed by atoms with Crippen molar-refractivity contribution < 1.29 is 0 Å². The van der Waals surface area contributed by atoms with Crippen LogP contribution in [0.1, 0.15) is 30.5 Å². The van der Waals surface area contributed by atoms with E-state index in [2.05, 4.69) is 46.5 Å². The maximum atomic E-state index is 4.31. The summed E-state index contributed by atoms with van der Waals surface area (Å²) in [5, 5.41) is 7.89. The number of nitrogens with zero attached hydrogens (tertiary/aromatic N) is 3. The quantitative estimate of drug-likeness (QED) is 0.935. The van der Waals surface area contributed by atoms with Crippen LogP contribution in [0.4, 0.5) is 11.4 Å². The second-order valence-electron chi connectivity index (χ2n) is 5.80. The Kier molecular flexibility index (Phi) is 4.13. The van der Waals surface area contributed by atoms with Gasteiger partial charge < -0.3 is 10.2 Å². The second kappa shape index (κ2) is 6.20. The number of nitrogens with one attached hydrogen (secondary N) is 1. The Morgan fingerprint density at radius 2 is 1.90 bits per heavy atom. The van der Waals surface area contributed by atoms with Gasteiger partial charge in [-0.2, -0.15) is 5.10 Å². The van der Waals surface area contributed by atoms with E-state index in [9.17, 15) is 0 Å². The van der Waals surface area contributed by atoms with Crippen LogP contribution in [0.15, 0.2) is 30.5 Å². The molecule has 2 aromatic rings. The van der Waals surface area contributed by atoms with Crippen molar-refractivity contribution in [3.05, 3.63) is 41.7 Å². The molecule has 4 heteroatoms. The Morgan fingerprint density at radius 3 is 2.62 bits per heavy atom. The molecule has 0 saturated carbocycles. The lowest BCUT2D eigenvalue weighted by molar-refractivity contribution is 0.578. The lowest BCUT2D eigenvalue weighted by Crippen LogP contribution is -2.30. The number of para-hydroxylation sites is 2. The van der Waals surface area contributed by atoms with Gasteiger partial charge in [-0.05, 0) is 38.3 Å². The molecule has 0 radical (unpaired) electrons. The number of aromatic nitrogens is 2. The van der Waals surface area contributed by atoms with E-state index in [0.29, 0.717) is 0 Å². The van der Waals surface area contributed by atoms with Crippen molar-refractivity contribution in [2.75, 3.05) is 23.3 Å². The normalized spacial score (nSPS) is 15.2. The minimum atomic E-state index is 0.824. The Bertz CT molecular complexity index is 597. The highest BCUT2D eigenvalue weighted by molar-refractivity contribution is 5.70. The molecule has 3 rings (SSSR count). The van der Waals surface area contributed by atoms with Crippen molar-refractivity contribution in [2.24, 2.45) is 7.05 Å². The molecule has 1 aromatic heterocycles. The average Bonchev–Trinajstić information content (AvgIpc) is 2.86. The Hall–Kier alpha value is -1.97. The van der Waals surface area contributed by atoms with Gasteiger partial charge in [0.05, 0.1) is 17.6 Å².